The molecule has 1 aliphatic rings. The van der Waals surface area contributed by atoms with Gasteiger partial charge in [0.25, 0.3) is 0 Å². The smallest absolute Gasteiger partial charge is 0.131 e. The first-order valence-corrected chi connectivity index (χ1v) is 7.58. The molecule has 5 heteroatoms. The molecule has 2 heterocycles. The summed E-state index contributed by atoms with van der Waals surface area (Å²) in [6.07, 6.45) is 3.76. The molecule has 112 valence electrons. The van der Waals surface area contributed by atoms with Crippen molar-refractivity contribution in [2.45, 2.75) is 46.1 Å². The van der Waals surface area contributed by atoms with Gasteiger partial charge in [0.2, 0.25) is 0 Å². The maximum Gasteiger partial charge on any atom is 0.131 e. The molecule has 0 spiro atoms. The summed E-state index contributed by atoms with van der Waals surface area (Å²) in [4.78, 5) is 8.84. The summed E-state index contributed by atoms with van der Waals surface area (Å²) in [7, 11) is 0. The van der Waals surface area contributed by atoms with Gasteiger partial charge < -0.3 is 15.4 Å². The lowest BCUT2D eigenvalue weighted by Gasteiger charge is -2.13. The SMILES string of the molecule is Cc1nc(NCCC(C)C)cc(NCC2CCCO2)n1. The molecule has 2 N–H and O–H groups in total. The molecule has 0 radical (unpaired) electrons. The molecule has 5 nitrogen and oxygen atoms in total. The van der Waals surface area contributed by atoms with E-state index in [1.807, 2.05) is 13.0 Å². The van der Waals surface area contributed by atoms with Gasteiger partial charge in [0.05, 0.1) is 6.10 Å². The van der Waals surface area contributed by atoms with Crippen LogP contribution in [-0.4, -0.2) is 35.8 Å². The number of anilines is 2. The number of ether oxygens (including phenoxy) is 1. The molecule has 0 amide bonds. The lowest BCUT2D eigenvalue weighted by molar-refractivity contribution is 0.120. The summed E-state index contributed by atoms with van der Waals surface area (Å²) in [5, 5.41) is 6.71. The van der Waals surface area contributed by atoms with Gasteiger partial charge in [-0.1, -0.05) is 13.8 Å². The Balaban J connectivity index is 1.86. The van der Waals surface area contributed by atoms with E-state index in [0.717, 1.165) is 56.4 Å². The number of aromatic nitrogens is 2. The highest BCUT2D eigenvalue weighted by Crippen LogP contribution is 2.15. The van der Waals surface area contributed by atoms with Gasteiger partial charge in [0.1, 0.15) is 17.5 Å². The Labute approximate surface area is 121 Å². The molecule has 1 saturated heterocycles. The van der Waals surface area contributed by atoms with Gasteiger partial charge in [-0.3, -0.25) is 0 Å². The summed E-state index contributed by atoms with van der Waals surface area (Å²) >= 11 is 0. The van der Waals surface area contributed by atoms with Crippen molar-refractivity contribution in [3.63, 3.8) is 0 Å². The van der Waals surface area contributed by atoms with Crippen LogP contribution in [0.1, 0.15) is 38.9 Å². The van der Waals surface area contributed by atoms with Gasteiger partial charge in [-0.05, 0) is 32.1 Å². The number of rotatable bonds is 7. The summed E-state index contributed by atoms with van der Waals surface area (Å²) in [5.74, 6) is 3.25. The standard InChI is InChI=1S/C15H26N4O/c1-11(2)6-7-16-14-9-15(19-12(3)18-14)17-10-13-5-4-8-20-13/h9,11,13H,4-8,10H2,1-3H3,(H2,16,17,18,19). The van der Waals surface area contributed by atoms with E-state index in [9.17, 15) is 0 Å². The van der Waals surface area contributed by atoms with E-state index in [-0.39, 0.29) is 0 Å². The fourth-order valence-corrected chi connectivity index (χ4v) is 2.26. The van der Waals surface area contributed by atoms with E-state index in [1.165, 1.54) is 0 Å². The van der Waals surface area contributed by atoms with Crippen LogP contribution in [0, 0.1) is 12.8 Å². The van der Waals surface area contributed by atoms with Crippen molar-refractivity contribution < 1.29 is 4.74 Å². The Hall–Kier alpha value is -1.36. The molecule has 0 aromatic carbocycles. The van der Waals surface area contributed by atoms with E-state index in [1.54, 1.807) is 0 Å². The van der Waals surface area contributed by atoms with E-state index < -0.39 is 0 Å². The number of nitrogens with zero attached hydrogens (tertiary/aromatic N) is 2. The van der Waals surface area contributed by atoms with E-state index in [4.69, 9.17) is 4.74 Å². The van der Waals surface area contributed by atoms with Crippen molar-refractivity contribution in [1.29, 1.82) is 0 Å². The molecule has 2 rings (SSSR count). The molecular weight excluding hydrogens is 252 g/mol. The quantitative estimate of drug-likeness (QED) is 0.803. The lowest BCUT2D eigenvalue weighted by Crippen LogP contribution is -2.19. The molecular formula is C15H26N4O. The topological polar surface area (TPSA) is 59.1 Å². The minimum Gasteiger partial charge on any atom is -0.376 e. The summed E-state index contributed by atoms with van der Waals surface area (Å²) in [6, 6.07) is 1.97. The van der Waals surface area contributed by atoms with Crippen molar-refractivity contribution >= 4 is 11.6 Å². The highest BCUT2D eigenvalue weighted by molar-refractivity contribution is 5.47. The van der Waals surface area contributed by atoms with Gasteiger partial charge >= 0.3 is 0 Å². The Morgan fingerprint density at radius 2 is 2.05 bits per heavy atom. The number of hydrogen-bond acceptors (Lipinski definition) is 5. The average Bonchev–Trinajstić information content (AvgIpc) is 2.88. The molecule has 0 saturated carbocycles. The summed E-state index contributed by atoms with van der Waals surface area (Å²) in [5.41, 5.74) is 0. The maximum atomic E-state index is 5.60. The normalized spacial score (nSPS) is 18.5. The zero-order valence-corrected chi connectivity index (χ0v) is 12.8. The molecule has 1 aromatic rings. The second kappa shape index (κ2) is 7.43. The van der Waals surface area contributed by atoms with Crippen LogP contribution in [0.4, 0.5) is 11.6 Å². The Morgan fingerprint density at radius 1 is 1.30 bits per heavy atom. The van der Waals surface area contributed by atoms with Crippen LogP contribution in [0.5, 0.6) is 0 Å². The van der Waals surface area contributed by atoms with Gasteiger partial charge in [0.15, 0.2) is 0 Å². The third kappa shape index (κ3) is 4.96. The first-order valence-electron chi connectivity index (χ1n) is 7.58. The number of hydrogen-bond donors (Lipinski definition) is 2. The van der Waals surface area contributed by atoms with Gasteiger partial charge in [-0.15, -0.1) is 0 Å². The highest BCUT2D eigenvalue weighted by Gasteiger charge is 2.15. The predicted octanol–water partition coefficient (Wildman–Crippen LogP) is 2.83. The van der Waals surface area contributed by atoms with Crippen LogP contribution in [-0.2, 0) is 4.74 Å². The highest BCUT2D eigenvalue weighted by atomic mass is 16.5. The van der Waals surface area contributed by atoms with Crippen LogP contribution in [0.2, 0.25) is 0 Å². The fourth-order valence-electron chi connectivity index (χ4n) is 2.26. The van der Waals surface area contributed by atoms with Crippen molar-refractivity contribution in [2.75, 3.05) is 30.3 Å². The van der Waals surface area contributed by atoms with Crippen molar-refractivity contribution in [3.8, 4) is 0 Å². The third-order valence-electron chi connectivity index (χ3n) is 3.40. The Bertz CT molecular complexity index is 416. The third-order valence-corrected chi connectivity index (χ3v) is 3.40. The molecule has 0 aliphatic carbocycles. The molecule has 1 fully saturated rings. The lowest BCUT2D eigenvalue weighted by atomic mass is 10.1. The van der Waals surface area contributed by atoms with Crippen LogP contribution in [0.3, 0.4) is 0 Å². The first-order chi connectivity index (χ1) is 9.63. The van der Waals surface area contributed by atoms with Crippen molar-refractivity contribution in [3.05, 3.63) is 11.9 Å². The van der Waals surface area contributed by atoms with Gasteiger partial charge in [-0.25, -0.2) is 9.97 Å². The van der Waals surface area contributed by atoms with E-state index in [2.05, 4.69) is 34.4 Å². The van der Waals surface area contributed by atoms with E-state index in [0.29, 0.717) is 12.0 Å². The number of aryl methyl sites for hydroxylation is 1. The van der Waals surface area contributed by atoms with Crippen LogP contribution < -0.4 is 10.6 Å². The first kappa shape index (κ1) is 15.0. The van der Waals surface area contributed by atoms with Crippen molar-refractivity contribution in [2.24, 2.45) is 5.92 Å². The molecule has 1 aliphatic heterocycles. The molecule has 0 bridgehead atoms. The second-order valence-electron chi connectivity index (χ2n) is 5.81. The zero-order chi connectivity index (χ0) is 14.4. The average molecular weight is 278 g/mol. The van der Waals surface area contributed by atoms with Crippen LogP contribution in [0.25, 0.3) is 0 Å². The van der Waals surface area contributed by atoms with Crippen LogP contribution in [0.15, 0.2) is 6.07 Å². The maximum absolute atomic E-state index is 5.60. The minimum absolute atomic E-state index is 0.322. The van der Waals surface area contributed by atoms with Crippen molar-refractivity contribution in [1.82, 2.24) is 9.97 Å². The summed E-state index contributed by atoms with van der Waals surface area (Å²) in [6.45, 7) is 9.02. The molecule has 1 atom stereocenters. The van der Waals surface area contributed by atoms with Gasteiger partial charge in [0, 0.05) is 25.8 Å². The second-order valence-corrected chi connectivity index (χ2v) is 5.81. The Morgan fingerprint density at radius 3 is 2.70 bits per heavy atom. The van der Waals surface area contributed by atoms with Crippen LogP contribution >= 0.6 is 0 Å². The molecule has 20 heavy (non-hydrogen) atoms. The minimum atomic E-state index is 0.322. The fraction of sp³-hybridized carbons (Fsp3) is 0.733. The zero-order valence-electron chi connectivity index (χ0n) is 12.8. The summed E-state index contributed by atoms with van der Waals surface area (Å²) < 4.78 is 5.60. The monoisotopic (exact) mass is 278 g/mol. The predicted molar refractivity (Wildman–Crippen MR) is 82.2 cm³/mol. The number of nitrogens with one attached hydrogen (secondary N) is 2. The van der Waals surface area contributed by atoms with Gasteiger partial charge in [-0.2, -0.15) is 0 Å². The molecule has 1 aromatic heterocycles. The molecule has 1 unspecified atom stereocenters. The van der Waals surface area contributed by atoms with E-state index >= 15 is 0 Å². The largest absolute Gasteiger partial charge is 0.376 e. The Kier molecular flexibility index (Phi) is 5.59.